The van der Waals surface area contributed by atoms with E-state index >= 15 is 0 Å². The van der Waals surface area contributed by atoms with E-state index in [4.69, 9.17) is 0 Å². The van der Waals surface area contributed by atoms with Crippen molar-refractivity contribution in [1.82, 2.24) is 9.97 Å². The molecule has 2 heterocycles. The van der Waals surface area contributed by atoms with Crippen LogP contribution in [0.5, 0.6) is 0 Å². The van der Waals surface area contributed by atoms with E-state index < -0.39 is 0 Å². The second-order valence-corrected chi connectivity index (χ2v) is 4.96. The summed E-state index contributed by atoms with van der Waals surface area (Å²) in [6.07, 6.45) is 2.62. The van der Waals surface area contributed by atoms with E-state index in [2.05, 4.69) is 28.2 Å². The van der Waals surface area contributed by atoms with Crippen molar-refractivity contribution in [2.45, 2.75) is 0 Å². The average Bonchev–Trinajstić information content (AvgIpc) is 2.92. The Hall–Kier alpha value is -2.94. The van der Waals surface area contributed by atoms with Gasteiger partial charge in [0.25, 0.3) is 0 Å². The molecule has 0 saturated carbocycles. The van der Waals surface area contributed by atoms with Crippen molar-refractivity contribution < 1.29 is 4.79 Å². The molecule has 0 amide bonds. The minimum Gasteiger partial charge on any atom is -0.339 e. The van der Waals surface area contributed by atoms with Gasteiger partial charge in [0.1, 0.15) is 5.65 Å². The lowest BCUT2D eigenvalue weighted by molar-refractivity contribution is 0.112. The van der Waals surface area contributed by atoms with Gasteiger partial charge in [-0.1, -0.05) is 42.5 Å². The van der Waals surface area contributed by atoms with Gasteiger partial charge in [0.15, 0.2) is 6.29 Å². The molecule has 0 aliphatic rings. The molecule has 4 rings (SSSR count). The highest BCUT2D eigenvalue weighted by Gasteiger charge is 2.14. The Morgan fingerprint density at radius 3 is 2.62 bits per heavy atom. The number of aromatic nitrogens is 2. The van der Waals surface area contributed by atoms with Crippen LogP contribution in [-0.4, -0.2) is 16.3 Å². The monoisotopic (exact) mass is 272 g/mol. The van der Waals surface area contributed by atoms with Crippen molar-refractivity contribution in [3.05, 3.63) is 66.4 Å². The smallest absolute Gasteiger partial charge is 0.152 e. The second kappa shape index (κ2) is 4.56. The van der Waals surface area contributed by atoms with E-state index in [1.54, 1.807) is 6.20 Å². The molecule has 0 atom stereocenters. The molecule has 0 unspecified atom stereocenters. The Morgan fingerprint density at radius 2 is 1.71 bits per heavy atom. The zero-order chi connectivity index (χ0) is 14.2. The Balaban J connectivity index is 2.11. The molecular weight excluding hydrogens is 260 g/mol. The zero-order valence-corrected chi connectivity index (χ0v) is 11.2. The fourth-order valence-corrected chi connectivity index (χ4v) is 2.82. The van der Waals surface area contributed by atoms with Crippen molar-refractivity contribution in [3.8, 4) is 11.3 Å². The fourth-order valence-electron chi connectivity index (χ4n) is 2.82. The van der Waals surface area contributed by atoms with Crippen LogP contribution >= 0.6 is 0 Å². The van der Waals surface area contributed by atoms with Crippen LogP contribution in [0.3, 0.4) is 0 Å². The number of H-pyrrole nitrogens is 1. The number of nitrogens with one attached hydrogen (secondary N) is 1. The SMILES string of the molecule is O=Cc1c(-c2cccc3ccccc23)[nH]c2ncccc12. The normalized spacial score (nSPS) is 11.0. The molecular formula is C18H12N2O. The maximum Gasteiger partial charge on any atom is 0.152 e. The summed E-state index contributed by atoms with van der Waals surface area (Å²) in [4.78, 5) is 19.1. The van der Waals surface area contributed by atoms with Crippen LogP contribution in [0.1, 0.15) is 10.4 Å². The summed E-state index contributed by atoms with van der Waals surface area (Å²) < 4.78 is 0. The topological polar surface area (TPSA) is 45.8 Å². The molecule has 3 nitrogen and oxygen atoms in total. The fraction of sp³-hybridized carbons (Fsp3) is 0. The summed E-state index contributed by atoms with van der Waals surface area (Å²) in [6, 6.07) is 18.0. The largest absolute Gasteiger partial charge is 0.339 e. The second-order valence-electron chi connectivity index (χ2n) is 4.96. The molecule has 21 heavy (non-hydrogen) atoms. The highest BCUT2D eigenvalue weighted by atomic mass is 16.1. The number of benzene rings is 2. The van der Waals surface area contributed by atoms with Gasteiger partial charge in [0.2, 0.25) is 0 Å². The predicted octanol–water partition coefficient (Wildman–Crippen LogP) is 4.20. The summed E-state index contributed by atoms with van der Waals surface area (Å²) in [5, 5.41) is 3.13. The maximum atomic E-state index is 11.6. The molecule has 0 aliphatic carbocycles. The number of carbonyl (C=O) groups excluding carboxylic acids is 1. The molecule has 2 aromatic heterocycles. The molecule has 1 N–H and O–H groups in total. The molecule has 0 fully saturated rings. The van der Waals surface area contributed by atoms with Crippen molar-refractivity contribution in [1.29, 1.82) is 0 Å². The van der Waals surface area contributed by atoms with Crippen LogP contribution in [-0.2, 0) is 0 Å². The minimum absolute atomic E-state index is 0.662. The standard InChI is InChI=1S/C18H12N2O/c21-11-16-15-9-4-10-19-18(15)20-17(16)14-8-3-6-12-5-1-2-7-13(12)14/h1-11H,(H,19,20). The Bertz CT molecular complexity index is 964. The van der Waals surface area contributed by atoms with Crippen LogP contribution in [0.15, 0.2) is 60.8 Å². The zero-order valence-electron chi connectivity index (χ0n) is 11.2. The number of fused-ring (bicyclic) bond motifs is 2. The average molecular weight is 272 g/mol. The van der Waals surface area contributed by atoms with Crippen molar-refractivity contribution >= 4 is 28.1 Å². The molecule has 0 bridgehead atoms. The van der Waals surface area contributed by atoms with Gasteiger partial charge in [0, 0.05) is 22.7 Å². The van der Waals surface area contributed by atoms with E-state index in [-0.39, 0.29) is 0 Å². The number of pyridine rings is 1. The van der Waals surface area contributed by atoms with E-state index in [0.29, 0.717) is 5.56 Å². The molecule has 2 aromatic carbocycles. The third-order valence-corrected chi connectivity index (χ3v) is 3.79. The third-order valence-electron chi connectivity index (χ3n) is 3.79. The number of hydrogen-bond donors (Lipinski definition) is 1. The van der Waals surface area contributed by atoms with Gasteiger partial charge in [-0.05, 0) is 22.9 Å². The molecule has 4 aromatic rings. The summed E-state index contributed by atoms with van der Waals surface area (Å²) in [7, 11) is 0. The summed E-state index contributed by atoms with van der Waals surface area (Å²) in [5.41, 5.74) is 3.25. The van der Waals surface area contributed by atoms with Crippen molar-refractivity contribution in [2.75, 3.05) is 0 Å². The van der Waals surface area contributed by atoms with Gasteiger partial charge in [-0.2, -0.15) is 0 Å². The molecule has 0 radical (unpaired) electrons. The summed E-state index contributed by atoms with van der Waals surface area (Å²) in [5.74, 6) is 0. The van der Waals surface area contributed by atoms with E-state index in [0.717, 1.165) is 39.3 Å². The Labute approximate surface area is 121 Å². The van der Waals surface area contributed by atoms with Crippen LogP contribution in [0.2, 0.25) is 0 Å². The first kappa shape index (κ1) is 11.9. The number of aldehydes is 1. The van der Waals surface area contributed by atoms with Crippen LogP contribution < -0.4 is 0 Å². The lowest BCUT2D eigenvalue weighted by Crippen LogP contribution is -1.86. The molecule has 0 spiro atoms. The number of nitrogens with zero attached hydrogens (tertiary/aromatic N) is 1. The van der Waals surface area contributed by atoms with Crippen LogP contribution in [0.4, 0.5) is 0 Å². The van der Waals surface area contributed by atoms with Crippen molar-refractivity contribution in [3.63, 3.8) is 0 Å². The molecule has 0 aliphatic heterocycles. The first-order valence-electron chi connectivity index (χ1n) is 6.78. The summed E-state index contributed by atoms with van der Waals surface area (Å²) in [6.45, 7) is 0. The maximum absolute atomic E-state index is 11.6. The summed E-state index contributed by atoms with van der Waals surface area (Å²) >= 11 is 0. The number of aromatic amines is 1. The lowest BCUT2D eigenvalue weighted by Gasteiger charge is -2.05. The highest BCUT2D eigenvalue weighted by molar-refractivity contribution is 6.07. The van der Waals surface area contributed by atoms with E-state index in [9.17, 15) is 4.79 Å². The van der Waals surface area contributed by atoms with Gasteiger partial charge < -0.3 is 4.98 Å². The molecule has 0 saturated heterocycles. The number of carbonyl (C=O) groups is 1. The Morgan fingerprint density at radius 1 is 0.905 bits per heavy atom. The van der Waals surface area contributed by atoms with Gasteiger partial charge in [0.05, 0.1) is 5.69 Å². The minimum atomic E-state index is 0.662. The van der Waals surface area contributed by atoms with Gasteiger partial charge in [-0.25, -0.2) is 4.98 Å². The quantitative estimate of drug-likeness (QED) is 0.556. The number of rotatable bonds is 2. The lowest BCUT2D eigenvalue weighted by atomic mass is 10.00. The number of hydrogen-bond acceptors (Lipinski definition) is 2. The Kier molecular flexibility index (Phi) is 2.57. The first-order chi connectivity index (χ1) is 10.4. The molecule has 100 valence electrons. The predicted molar refractivity (Wildman–Crippen MR) is 84.4 cm³/mol. The van der Waals surface area contributed by atoms with Gasteiger partial charge in [-0.15, -0.1) is 0 Å². The molecule has 3 heteroatoms. The van der Waals surface area contributed by atoms with E-state index in [1.807, 2.05) is 36.4 Å². The van der Waals surface area contributed by atoms with Gasteiger partial charge >= 0.3 is 0 Å². The third kappa shape index (κ3) is 1.75. The van der Waals surface area contributed by atoms with Crippen molar-refractivity contribution in [2.24, 2.45) is 0 Å². The first-order valence-corrected chi connectivity index (χ1v) is 6.78. The van der Waals surface area contributed by atoms with Crippen LogP contribution in [0.25, 0.3) is 33.1 Å². The van der Waals surface area contributed by atoms with Gasteiger partial charge in [-0.3, -0.25) is 4.79 Å². The van der Waals surface area contributed by atoms with Crippen LogP contribution in [0, 0.1) is 0 Å². The highest BCUT2D eigenvalue weighted by Crippen LogP contribution is 2.32. The van der Waals surface area contributed by atoms with E-state index in [1.165, 1.54) is 0 Å².